The maximum absolute atomic E-state index is 12.8. The fourth-order valence-electron chi connectivity index (χ4n) is 4.65. The van der Waals surface area contributed by atoms with Gasteiger partial charge in [-0.25, -0.2) is 0 Å². The van der Waals surface area contributed by atoms with E-state index >= 15 is 0 Å². The molecule has 152 valence electrons. The van der Waals surface area contributed by atoms with Crippen LogP contribution >= 0.6 is 11.3 Å². The molecular weight excluding hydrogens is 378 g/mol. The highest BCUT2D eigenvalue weighted by atomic mass is 32.1. The minimum atomic E-state index is -0.0378. The van der Waals surface area contributed by atoms with Gasteiger partial charge in [0.2, 0.25) is 5.91 Å². The van der Waals surface area contributed by atoms with E-state index in [1.165, 1.54) is 10.4 Å². The Morgan fingerprint density at radius 1 is 1.31 bits per heavy atom. The lowest BCUT2D eigenvalue weighted by Crippen LogP contribution is -2.36. The van der Waals surface area contributed by atoms with Gasteiger partial charge >= 0.3 is 0 Å². The van der Waals surface area contributed by atoms with E-state index in [1.54, 1.807) is 11.3 Å². The summed E-state index contributed by atoms with van der Waals surface area (Å²) in [6, 6.07) is 10.7. The monoisotopic (exact) mass is 407 g/mol. The van der Waals surface area contributed by atoms with Crippen molar-refractivity contribution >= 4 is 27.9 Å². The molecule has 0 radical (unpaired) electrons. The molecule has 1 aliphatic heterocycles. The molecule has 4 nitrogen and oxygen atoms in total. The molecule has 1 aromatic carbocycles. The molecule has 0 saturated heterocycles. The molecule has 2 heterocycles. The lowest BCUT2D eigenvalue weighted by molar-refractivity contribution is -0.115. The van der Waals surface area contributed by atoms with Crippen LogP contribution in [0.15, 0.2) is 24.3 Å². The van der Waals surface area contributed by atoms with Gasteiger partial charge in [0, 0.05) is 17.1 Å². The highest BCUT2D eigenvalue weighted by Crippen LogP contribution is 2.44. The zero-order valence-corrected chi connectivity index (χ0v) is 18.4. The standard InChI is InChI=1S/C24H29N3OS/c1-24(2,3)17-10-11-18-19(14-25)23(29-21(18)13-17)26-22(28)15-27-12-6-8-16-7-4-5-9-20(16)27/h4-5,7,9,17H,6,8,10-13,15H2,1-3H3,(H,26,28). The van der Waals surface area contributed by atoms with E-state index in [-0.39, 0.29) is 11.3 Å². The molecule has 2 aliphatic rings. The predicted molar refractivity (Wildman–Crippen MR) is 120 cm³/mol. The van der Waals surface area contributed by atoms with E-state index < -0.39 is 0 Å². The fourth-order valence-corrected chi connectivity index (χ4v) is 5.94. The maximum atomic E-state index is 12.8. The van der Waals surface area contributed by atoms with Gasteiger partial charge < -0.3 is 10.2 Å². The summed E-state index contributed by atoms with van der Waals surface area (Å²) in [5, 5.41) is 13.6. The van der Waals surface area contributed by atoms with Crippen molar-refractivity contribution in [1.29, 1.82) is 5.26 Å². The molecule has 1 aliphatic carbocycles. The number of aryl methyl sites for hydroxylation is 1. The third-order valence-electron chi connectivity index (χ3n) is 6.40. The third kappa shape index (κ3) is 4.04. The van der Waals surface area contributed by atoms with Crippen LogP contribution in [0.2, 0.25) is 0 Å². The van der Waals surface area contributed by atoms with E-state index in [1.807, 2.05) is 6.07 Å². The van der Waals surface area contributed by atoms with Crippen molar-refractivity contribution in [2.24, 2.45) is 11.3 Å². The fraction of sp³-hybridized carbons (Fsp3) is 0.500. The molecule has 0 bridgehead atoms. The van der Waals surface area contributed by atoms with Gasteiger partial charge in [-0.1, -0.05) is 39.0 Å². The smallest absolute Gasteiger partial charge is 0.244 e. The number of carbonyl (C=O) groups excluding carboxylic acids is 1. The Morgan fingerprint density at radius 2 is 2.10 bits per heavy atom. The Balaban J connectivity index is 1.50. The zero-order valence-electron chi connectivity index (χ0n) is 17.5. The molecule has 4 rings (SSSR count). The lowest BCUT2D eigenvalue weighted by Gasteiger charge is -2.33. The number of carbonyl (C=O) groups is 1. The van der Waals surface area contributed by atoms with Gasteiger partial charge in [0.15, 0.2) is 0 Å². The minimum absolute atomic E-state index is 0.0378. The number of nitriles is 1. The average Bonchev–Trinajstić information content (AvgIpc) is 3.03. The number of anilines is 2. The second kappa shape index (κ2) is 7.84. The van der Waals surface area contributed by atoms with Crippen LogP contribution in [-0.2, 0) is 24.1 Å². The van der Waals surface area contributed by atoms with E-state index in [0.717, 1.165) is 54.9 Å². The number of hydrogen-bond donors (Lipinski definition) is 1. The Labute approximate surface area is 177 Å². The SMILES string of the molecule is CC(C)(C)C1CCc2c(sc(NC(=O)CN3CCCc4ccccc43)c2C#N)C1. The molecule has 5 heteroatoms. The molecule has 1 amide bonds. The van der Waals surface area contributed by atoms with E-state index in [0.29, 0.717) is 18.0 Å². The van der Waals surface area contributed by atoms with Gasteiger partial charge in [-0.3, -0.25) is 4.79 Å². The molecule has 1 aromatic heterocycles. The Morgan fingerprint density at radius 3 is 2.86 bits per heavy atom. The van der Waals surface area contributed by atoms with E-state index in [9.17, 15) is 10.1 Å². The number of amides is 1. The normalized spacial score (nSPS) is 18.6. The van der Waals surface area contributed by atoms with Crippen molar-refractivity contribution in [3.05, 3.63) is 45.8 Å². The van der Waals surface area contributed by atoms with Crippen molar-refractivity contribution in [2.75, 3.05) is 23.3 Å². The number of para-hydroxylation sites is 1. The van der Waals surface area contributed by atoms with Crippen LogP contribution in [0, 0.1) is 22.7 Å². The lowest BCUT2D eigenvalue weighted by atomic mass is 9.72. The number of rotatable bonds is 3. The van der Waals surface area contributed by atoms with Crippen LogP contribution in [0.3, 0.4) is 0 Å². The van der Waals surface area contributed by atoms with Crippen LogP contribution in [0.1, 0.15) is 55.2 Å². The van der Waals surface area contributed by atoms with Crippen molar-refractivity contribution in [2.45, 2.75) is 52.9 Å². The summed E-state index contributed by atoms with van der Waals surface area (Å²) in [4.78, 5) is 16.3. The zero-order chi connectivity index (χ0) is 20.6. The van der Waals surface area contributed by atoms with Gasteiger partial charge in [-0.15, -0.1) is 11.3 Å². The molecular formula is C24H29N3OS. The molecule has 1 atom stereocenters. The Hall–Kier alpha value is -2.32. The van der Waals surface area contributed by atoms with Gasteiger partial charge in [0.1, 0.15) is 11.1 Å². The van der Waals surface area contributed by atoms with Gasteiger partial charge in [0.05, 0.1) is 12.1 Å². The van der Waals surface area contributed by atoms with Crippen LogP contribution in [-0.4, -0.2) is 19.0 Å². The van der Waals surface area contributed by atoms with Gasteiger partial charge in [-0.05, 0) is 60.6 Å². The summed E-state index contributed by atoms with van der Waals surface area (Å²) in [5.74, 6) is 0.581. The molecule has 29 heavy (non-hydrogen) atoms. The van der Waals surface area contributed by atoms with Crippen molar-refractivity contribution in [3.63, 3.8) is 0 Å². The molecule has 1 N–H and O–H groups in total. The summed E-state index contributed by atoms with van der Waals surface area (Å²) in [5.41, 5.74) is 4.58. The number of fused-ring (bicyclic) bond motifs is 2. The maximum Gasteiger partial charge on any atom is 0.244 e. The largest absolute Gasteiger partial charge is 0.362 e. The first-order valence-corrected chi connectivity index (χ1v) is 11.4. The number of hydrogen-bond acceptors (Lipinski definition) is 4. The third-order valence-corrected chi connectivity index (χ3v) is 7.57. The summed E-state index contributed by atoms with van der Waals surface area (Å²) < 4.78 is 0. The summed E-state index contributed by atoms with van der Waals surface area (Å²) in [6.07, 6.45) is 5.19. The van der Waals surface area contributed by atoms with Gasteiger partial charge in [0.25, 0.3) is 0 Å². The number of nitrogens with one attached hydrogen (secondary N) is 1. The first-order chi connectivity index (χ1) is 13.9. The number of thiophene rings is 1. The van der Waals surface area contributed by atoms with Crippen LogP contribution in [0.5, 0.6) is 0 Å². The first kappa shape index (κ1) is 20.0. The average molecular weight is 408 g/mol. The van der Waals surface area contributed by atoms with E-state index in [4.69, 9.17) is 0 Å². The Bertz CT molecular complexity index is 963. The summed E-state index contributed by atoms with van der Waals surface area (Å²) >= 11 is 1.61. The Kier molecular flexibility index (Phi) is 5.40. The highest BCUT2D eigenvalue weighted by molar-refractivity contribution is 7.16. The molecule has 0 saturated carbocycles. The first-order valence-electron chi connectivity index (χ1n) is 10.5. The minimum Gasteiger partial charge on any atom is -0.362 e. The van der Waals surface area contributed by atoms with Crippen LogP contribution in [0.4, 0.5) is 10.7 Å². The second-order valence-electron chi connectivity index (χ2n) is 9.33. The van der Waals surface area contributed by atoms with Gasteiger partial charge in [-0.2, -0.15) is 5.26 Å². The topological polar surface area (TPSA) is 56.1 Å². The van der Waals surface area contributed by atoms with Crippen molar-refractivity contribution in [3.8, 4) is 6.07 Å². The summed E-state index contributed by atoms with van der Waals surface area (Å²) in [6.45, 7) is 8.10. The van der Waals surface area contributed by atoms with Crippen LogP contribution < -0.4 is 10.2 Å². The van der Waals surface area contributed by atoms with Crippen LogP contribution in [0.25, 0.3) is 0 Å². The second-order valence-corrected chi connectivity index (χ2v) is 10.4. The van der Waals surface area contributed by atoms with Crippen molar-refractivity contribution < 1.29 is 4.79 Å². The quantitative estimate of drug-likeness (QED) is 0.764. The molecule has 0 fully saturated rings. The van der Waals surface area contributed by atoms with E-state index in [2.05, 4.69) is 55.3 Å². The summed E-state index contributed by atoms with van der Waals surface area (Å²) in [7, 11) is 0. The van der Waals surface area contributed by atoms with Crippen molar-refractivity contribution in [1.82, 2.24) is 0 Å². The molecule has 2 aromatic rings. The molecule has 1 unspecified atom stereocenters. The predicted octanol–water partition coefficient (Wildman–Crippen LogP) is 5.16. The highest BCUT2D eigenvalue weighted by Gasteiger charge is 2.32. The number of nitrogens with zero attached hydrogens (tertiary/aromatic N) is 2. The molecule has 0 spiro atoms. The number of benzene rings is 1.